The summed E-state index contributed by atoms with van der Waals surface area (Å²) < 4.78 is 2.17. The van der Waals surface area contributed by atoms with E-state index in [0.717, 1.165) is 50.6 Å². The molecule has 8 rings (SSSR count). The summed E-state index contributed by atoms with van der Waals surface area (Å²) >= 11 is 0. The molecule has 0 aliphatic carbocycles. The van der Waals surface area contributed by atoms with Gasteiger partial charge in [-0.1, -0.05) is 60.0 Å². The Balaban J connectivity index is 0.000000273. The van der Waals surface area contributed by atoms with Crippen LogP contribution in [0.2, 0.25) is 0 Å². The fourth-order valence-electron chi connectivity index (χ4n) is 4.98. The van der Waals surface area contributed by atoms with Gasteiger partial charge >= 0.3 is 0 Å². The standard InChI is InChI=1S/C29H17N2.C10H7N2.B.Ir.Y/c1-2-13-26(14-3-1)31-28-16-7-6-15-27(28)30-29(31)25-12-8-11-23(20-25)24-18-17-21-9-4-5-10-22(21)19-24;1-2-5-9(6-3-1)10-11-7-4-8-12-10;;;/h1-11,13-17,19H;1-5,7-8H;;;/q-3;-1;;;. The maximum absolute atomic E-state index is 4.93. The molecule has 0 amide bonds. The van der Waals surface area contributed by atoms with Crippen molar-refractivity contribution in [2.75, 3.05) is 0 Å². The predicted octanol–water partition coefficient (Wildman–Crippen LogP) is 8.47. The van der Waals surface area contributed by atoms with Crippen LogP contribution in [0.5, 0.6) is 0 Å². The summed E-state index contributed by atoms with van der Waals surface area (Å²) in [6, 6.07) is 57.8. The van der Waals surface area contributed by atoms with Crippen LogP contribution in [0.3, 0.4) is 0 Å². The second-order valence-electron chi connectivity index (χ2n) is 9.81. The number of imidazole rings is 1. The molecule has 7 heteroatoms. The molecule has 0 aliphatic rings. The van der Waals surface area contributed by atoms with Crippen molar-refractivity contribution >= 4 is 30.2 Å². The van der Waals surface area contributed by atoms with Crippen LogP contribution in [0.15, 0.2) is 146 Å². The molecule has 8 aromatic rings. The molecule has 0 N–H and O–H groups in total. The van der Waals surface area contributed by atoms with Crippen molar-refractivity contribution in [3.8, 4) is 39.6 Å². The molecule has 219 valence electrons. The summed E-state index contributed by atoms with van der Waals surface area (Å²) in [6.07, 6.45) is 3.45. The first-order valence-electron chi connectivity index (χ1n) is 14.0. The van der Waals surface area contributed by atoms with E-state index in [9.17, 15) is 0 Å². The summed E-state index contributed by atoms with van der Waals surface area (Å²) in [4.78, 5) is 13.1. The zero-order valence-electron chi connectivity index (χ0n) is 24.6. The van der Waals surface area contributed by atoms with Crippen molar-refractivity contribution in [2.24, 2.45) is 0 Å². The Morgan fingerprint density at radius 1 is 0.587 bits per heavy atom. The zero-order valence-corrected chi connectivity index (χ0v) is 29.9. The monoisotopic (exact) mass is 841 g/mol. The summed E-state index contributed by atoms with van der Waals surface area (Å²) in [6.45, 7) is 0. The Labute approximate surface area is 309 Å². The summed E-state index contributed by atoms with van der Waals surface area (Å²) in [5.74, 6) is 1.55. The van der Waals surface area contributed by atoms with Crippen molar-refractivity contribution < 1.29 is 52.8 Å². The number of hydrogen-bond acceptors (Lipinski definition) is 3. The number of fused-ring (bicyclic) bond motifs is 2. The topological polar surface area (TPSA) is 43.6 Å². The number of para-hydroxylation sites is 3. The first-order valence-corrected chi connectivity index (χ1v) is 14.0. The third-order valence-corrected chi connectivity index (χ3v) is 7.02. The molecule has 5 radical (unpaired) electrons. The number of nitrogens with zero attached hydrogens (tertiary/aromatic N) is 4. The molecule has 0 aliphatic heterocycles. The van der Waals surface area contributed by atoms with Crippen LogP contribution < -0.4 is 0 Å². The van der Waals surface area contributed by atoms with Crippen LogP contribution in [-0.4, -0.2) is 27.9 Å². The SMILES string of the molecule is [B].[Ir].[Y].[c-]1ccc(-c2[c-]cc3ccccc3c2)[c-]c1-c1nc2ccccc2n1-c1ccccc1.[c-]1ccccc1-c1ncccn1. The van der Waals surface area contributed by atoms with Crippen molar-refractivity contribution in [3.05, 3.63) is 170 Å². The second-order valence-corrected chi connectivity index (χ2v) is 9.81. The van der Waals surface area contributed by atoms with Gasteiger partial charge in [0.05, 0.1) is 16.9 Å². The normalized spacial score (nSPS) is 10.1. The Bertz CT molecular complexity index is 2100. The van der Waals surface area contributed by atoms with Crippen molar-refractivity contribution in [1.82, 2.24) is 19.5 Å². The van der Waals surface area contributed by atoms with Crippen LogP contribution in [0, 0.1) is 24.3 Å². The first kappa shape index (κ1) is 34.8. The molecule has 0 atom stereocenters. The molecule has 0 unspecified atom stereocenters. The van der Waals surface area contributed by atoms with Crippen LogP contribution >= 0.6 is 0 Å². The van der Waals surface area contributed by atoms with E-state index in [1.807, 2.05) is 84.9 Å². The summed E-state index contributed by atoms with van der Waals surface area (Å²) in [5, 5.41) is 2.37. The van der Waals surface area contributed by atoms with Gasteiger partial charge in [0.15, 0.2) is 0 Å². The molecular weight excluding hydrogens is 816 g/mol. The quantitative estimate of drug-likeness (QED) is 0.132. The van der Waals surface area contributed by atoms with Gasteiger partial charge in [-0.3, -0.25) is 33.2 Å². The molecule has 2 aromatic heterocycles. The fourth-order valence-corrected chi connectivity index (χ4v) is 4.98. The van der Waals surface area contributed by atoms with Gasteiger partial charge in [0.1, 0.15) is 0 Å². The fraction of sp³-hybridized carbons (Fsp3) is 0. The van der Waals surface area contributed by atoms with Gasteiger partial charge in [-0.15, -0.1) is 59.5 Å². The van der Waals surface area contributed by atoms with E-state index in [2.05, 4.69) is 81.3 Å². The molecular formula is C39H24BIrN4Y-4. The smallest absolute Gasteiger partial charge is 0.0748 e. The van der Waals surface area contributed by atoms with Gasteiger partial charge in [-0.25, -0.2) is 6.07 Å². The molecule has 4 nitrogen and oxygen atoms in total. The third-order valence-electron chi connectivity index (χ3n) is 7.02. The Morgan fingerprint density at radius 2 is 1.30 bits per heavy atom. The average Bonchev–Trinajstić information content (AvgIpc) is 3.49. The van der Waals surface area contributed by atoms with E-state index in [1.165, 1.54) is 10.8 Å². The predicted molar refractivity (Wildman–Crippen MR) is 178 cm³/mol. The maximum atomic E-state index is 4.93. The molecule has 0 saturated heterocycles. The van der Waals surface area contributed by atoms with Crippen LogP contribution in [0.25, 0.3) is 61.4 Å². The van der Waals surface area contributed by atoms with E-state index in [1.54, 1.807) is 18.5 Å². The first-order chi connectivity index (χ1) is 21.3. The minimum atomic E-state index is 0. The molecule has 0 saturated carbocycles. The minimum Gasteiger partial charge on any atom is -0.374 e. The Kier molecular flexibility index (Phi) is 12.5. The maximum Gasteiger partial charge on any atom is 0.0748 e. The van der Waals surface area contributed by atoms with Gasteiger partial charge in [0, 0.05) is 79.3 Å². The van der Waals surface area contributed by atoms with E-state index in [0.29, 0.717) is 0 Å². The third kappa shape index (κ3) is 7.66. The van der Waals surface area contributed by atoms with Gasteiger partial charge in [0.25, 0.3) is 0 Å². The molecule has 0 fully saturated rings. The molecule has 46 heavy (non-hydrogen) atoms. The molecule has 2 heterocycles. The van der Waals surface area contributed by atoms with Gasteiger partial charge in [0.2, 0.25) is 0 Å². The number of hydrogen-bond donors (Lipinski definition) is 0. The van der Waals surface area contributed by atoms with Gasteiger partial charge in [-0.2, -0.15) is 5.56 Å². The summed E-state index contributed by atoms with van der Waals surface area (Å²) in [7, 11) is 0. The average molecular weight is 841 g/mol. The molecule has 0 spiro atoms. The largest absolute Gasteiger partial charge is 0.374 e. The van der Waals surface area contributed by atoms with E-state index >= 15 is 0 Å². The summed E-state index contributed by atoms with van der Waals surface area (Å²) in [5.41, 5.74) is 6.83. The van der Waals surface area contributed by atoms with Crippen molar-refractivity contribution in [3.63, 3.8) is 0 Å². The van der Waals surface area contributed by atoms with E-state index < -0.39 is 0 Å². The number of benzene rings is 6. The number of aromatic nitrogens is 4. The van der Waals surface area contributed by atoms with Crippen LogP contribution in [-0.2, 0) is 52.8 Å². The van der Waals surface area contributed by atoms with Crippen molar-refractivity contribution in [2.45, 2.75) is 0 Å². The molecule has 0 bridgehead atoms. The minimum absolute atomic E-state index is 0. The Hall–Kier alpha value is -4.05. The Morgan fingerprint density at radius 3 is 2.09 bits per heavy atom. The molecule has 6 aromatic carbocycles. The van der Waals surface area contributed by atoms with Crippen LogP contribution in [0.4, 0.5) is 0 Å². The van der Waals surface area contributed by atoms with E-state index in [-0.39, 0.29) is 61.2 Å². The van der Waals surface area contributed by atoms with Crippen LogP contribution in [0.1, 0.15) is 0 Å². The van der Waals surface area contributed by atoms with E-state index in [4.69, 9.17) is 4.98 Å². The van der Waals surface area contributed by atoms with Gasteiger partial charge < -0.3 is 15.6 Å². The van der Waals surface area contributed by atoms with Crippen molar-refractivity contribution in [1.29, 1.82) is 0 Å². The second kappa shape index (κ2) is 16.5. The number of rotatable bonds is 4. The zero-order chi connectivity index (χ0) is 28.8. The van der Waals surface area contributed by atoms with Gasteiger partial charge in [-0.05, 0) is 36.2 Å².